The summed E-state index contributed by atoms with van der Waals surface area (Å²) in [6, 6.07) is 13.9. The molecule has 1 unspecified atom stereocenters. The van der Waals surface area contributed by atoms with Gasteiger partial charge in [0.05, 0.1) is 24.1 Å². The van der Waals surface area contributed by atoms with E-state index in [2.05, 4.69) is 37.8 Å². The Balaban J connectivity index is 1.16. The number of amides is 1. The van der Waals surface area contributed by atoms with Gasteiger partial charge in [0.1, 0.15) is 12.0 Å². The van der Waals surface area contributed by atoms with Gasteiger partial charge in [-0.05, 0) is 74.8 Å². The Labute approximate surface area is 222 Å². The molecule has 2 fully saturated rings. The van der Waals surface area contributed by atoms with E-state index in [1.54, 1.807) is 29.2 Å². The molecular weight excluding hydrogens is 485 g/mol. The highest BCUT2D eigenvalue weighted by atomic mass is 19.1. The highest BCUT2D eigenvalue weighted by Gasteiger charge is 2.37. The topological polar surface area (TPSA) is 98.6 Å². The first kappa shape index (κ1) is 26.4. The van der Waals surface area contributed by atoms with Crippen molar-refractivity contribution < 1.29 is 14.3 Å². The van der Waals surface area contributed by atoms with Crippen LogP contribution in [0.3, 0.4) is 0 Å². The Morgan fingerprint density at radius 1 is 1.11 bits per heavy atom. The molecule has 1 amide bonds. The number of hydrogen-bond donors (Lipinski definition) is 3. The van der Waals surface area contributed by atoms with Crippen LogP contribution in [0.25, 0.3) is 5.69 Å². The van der Waals surface area contributed by atoms with Crippen molar-refractivity contribution in [1.82, 2.24) is 35.4 Å². The molecule has 2 aromatic carbocycles. The Bertz CT molecular complexity index is 1160. The van der Waals surface area contributed by atoms with Crippen LogP contribution in [-0.4, -0.2) is 93.9 Å². The third-order valence-corrected chi connectivity index (χ3v) is 7.59. The minimum Gasteiger partial charge on any atom is -0.376 e. The van der Waals surface area contributed by atoms with E-state index < -0.39 is 12.3 Å². The van der Waals surface area contributed by atoms with E-state index in [4.69, 9.17) is 0 Å². The zero-order valence-electron chi connectivity index (χ0n) is 21.7. The molecule has 1 aliphatic carbocycles. The second-order valence-corrected chi connectivity index (χ2v) is 10.3. The normalized spacial score (nSPS) is 21.7. The number of aliphatic hydroxyl groups excluding tert-OH is 1. The van der Waals surface area contributed by atoms with Gasteiger partial charge >= 0.3 is 0 Å². The Kier molecular flexibility index (Phi) is 8.43. The van der Waals surface area contributed by atoms with E-state index in [0.717, 1.165) is 56.8 Å². The first-order chi connectivity index (χ1) is 18.5. The van der Waals surface area contributed by atoms with Crippen LogP contribution in [0.2, 0.25) is 0 Å². The van der Waals surface area contributed by atoms with Gasteiger partial charge < -0.3 is 20.6 Å². The minimum absolute atomic E-state index is 0.208. The van der Waals surface area contributed by atoms with Gasteiger partial charge in [0.15, 0.2) is 0 Å². The van der Waals surface area contributed by atoms with Crippen LogP contribution >= 0.6 is 0 Å². The van der Waals surface area contributed by atoms with E-state index in [9.17, 15) is 14.3 Å². The van der Waals surface area contributed by atoms with E-state index in [1.807, 2.05) is 24.3 Å². The van der Waals surface area contributed by atoms with Gasteiger partial charge in [0, 0.05) is 43.7 Å². The highest BCUT2D eigenvalue weighted by molar-refractivity contribution is 5.94. The van der Waals surface area contributed by atoms with Crippen LogP contribution in [0.1, 0.15) is 41.1 Å². The van der Waals surface area contributed by atoms with Crippen LogP contribution in [0.15, 0.2) is 60.9 Å². The van der Waals surface area contributed by atoms with Gasteiger partial charge in [-0.1, -0.05) is 17.3 Å². The van der Waals surface area contributed by atoms with Gasteiger partial charge in [-0.25, -0.2) is 9.07 Å². The number of nitrogens with one attached hydrogen (secondary N) is 2. The summed E-state index contributed by atoms with van der Waals surface area (Å²) >= 11 is 0. The number of benzene rings is 2. The van der Waals surface area contributed by atoms with E-state index >= 15 is 0 Å². The summed E-state index contributed by atoms with van der Waals surface area (Å²) in [5.74, 6) is -0.000533. The summed E-state index contributed by atoms with van der Waals surface area (Å²) in [5.41, 5.74) is 2.51. The van der Waals surface area contributed by atoms with Crippen LogP contribution < -0.4 is 10.6 Å². The number of halogens is 1. The molecule has 1 aliphatic heterocycles. The lowest BCUT2D eigenvalue weighted by atomic mass is 10.1. The highest BCUT2D eigenvalue weighted by Crippen LogP contribution is 2.40. The standard InChI is InChI=1S/C28H36FN7O2/c1-34-15-17-35(18-16-34)28(38)25(3-2-12-30-26-19-24(26)20-4-8-22(29)9-5-20)32-27(37)21-6-10-23(11-7-21)36-14-13-31-33-36/h4-11,13-14,24-26,28,30,38H,2-3,12,15-19H2,1H3,(H,32,37)/t24-,25-,26+,28?/m0/s1. The number of hydrogen-bond acceptors (Lipinski definition) is 7. The number of carbonyl (C=O) groups is 1. The molecule has 1 aromatic heterocycles. The Hall–Kier alpha value is -3.18. The summed E-state index contributed by atoms with van der Waals surface area (Å²) < 4.78 is 14.8. The fourth-order valence-corrected chi connectivity index (χ4v) is 5.11. The fraction of sp³-hybridized carbons (Fsp3) is 0.464. The lowest BCUT2D eigenvalue weighted by Gasteiger charge is -2.39. The Morgan fingerprint density at radius 3 is 2.53 bits per heavy atom. The summed E-state index contributed by atoms with van der Waals surface area (Å²) in [6.45, 7) is 4.08. The number of rotatable bonds is 11. The van der Waals surface area contributed by atoms with Gasteiger partial charge in [0.25, 0.3) is 5.91 Å². The molecule has 2 heterocycles. The molecule has 1 saturated heterocycles. The monoisotopic (exact) mass is 521 g/mol. The predicted molar refractivity (Wildman–Crippen MR) is 142 cm³/mol. The maximum atomic E-state index is 13.2. The average Bonchev–Trinajstić information content (AvgIpc) is 3.49. The van der Waals surface area contributed by atoms with Crippen molar-refractivity contribution in [2.24, 2.45) is 0 Å². The van der Waals surface area contributed by atoms with Crippen molar-refractivity contribution in [2.45, 2.75) is 43.5 Å². The molecule has 9 nitrogen and oxygen atoms in total. The van der Waals surface area contributed by atoms with Crippen molar-refractivity contribution in [2.75, 3.05) is 39.8 Å². The van der Waals surface area contributed by atoms with E-state index in [-0.39, 0.29) is 11.7 Å². The van der Waals surface area contributed by atoms with Crippen molar-refractivity contribution >= 4 is 5.91 Å². The number of likely N-dealkylation sites (N-methyl/N-ethyl adjacent to an activating group) is 1. The molecular formula is C28H36FN7O2. The zero-order chi connectivity index (χ0) is 26.5. The van der Waals surface area contributed by atoms with Crippen molar-refractivity contribution in [1.29, 1.82) is 0 Å². The lowest BCUT2D eigenvalue weighted by molar-refractivity contribution is -0.0448. The number of aromatic nitrogens is 3. The molecule has 0 radical (unpaired) electrons. The molecule has 0 spiro atoms. The summed E-state index contributed by atoms with van der Waals surface area (Å²) in [4.78, 5) is 17.4. The maximum Gasteiger partial charge on any atom is 0.251 e. The minimum atomic E-state index is -0.755. The maximum absolute atomic E-state index is 13.2. The largest absolute Gasteiger partial charge is 0.376 e. The van der Waals surface area contributed by atoms with Crippen molar-refractivity contribution in [3.63, 3.8) is 0 Å². The van der Waals surface area contributed by atoms with E-state index in [1.165, 1.54) is 12.1 Å². The summed E-state index contributed by atoms with van der Waals surface area (Å²) in [7, 11) is 2.08. The number of nitrogens with zero attached hydrogens (tertiary/aromatic N) is 5. The second-order valence-electron chi connectivity index (χ2n) is 10.3. The SMILES string of the molecule is CN1CCN(C(O)[C@H](CCCN[C@@H]2C[C@H]2c2ccc(F)cc2)NC(=O)c2ccc(-n3ccnn3)cc2)CC1. The van der Waals surface area contributed by atoms with Gasteiger partial charge in [-0.2, -0.15) is 0 Å². The second kappa shape index (κ2) is 12.1. The van der Waals surface area contributed by atoms with Gasteiger partial charge in [-0.3, -0.25) is 9.69 Å². The average molecular weight is 522 g/mol. The van der Waals surface area contributed by atoms with Gasteiger partial charge in [-0.15, -0.1) is 5.10 Å². The number of piperazine rings is 1. The third kappa shape index (κ3) is 6.63. The molecule has 202 valence electrons. The van der Waals surface area contributed by atoms with Crippen molar-refractivity contribution in [3.8, 4) is 5.69 Å². The summed E-state index contributed by atoms with van der Waals surface area (Å²) in [6.07, 6.45) is 5.10. The first-order valence-electron chi connectivity index (χ1n) is 13.3. The quantitative estimate of drug-likeness (QED) is 0.332. The molecule has 1 saturated carbocycles. The Morgan fingerprint density at radius 2 is 1.84 bits per heavy atom. The van der Waals surface area contributed by atoms with Crippen LogP contribution in [0, 0.1) is 5.82 Å². The molecule has 2 aliphatic rings. The van der Waals surface area contributed by atoms with Crippen LogP contribution in [0.4, 0.5) is 4.39 Å². The lowest BCUT2D eigenvalue weighted by Crippen LogP contribution is -2.57. The van der Waals surface area contributed by atoms with Crippen LogP contribution in [-0.2, 0) is 0 Å². The number of aliphatic hydroxyl groups is 1. The molecule has 10 heteroatoms. The molecule has 5 rings (SSSR count). The molecule has 3 aromatic rings. The molecule has 4 atom stereocenters. The summed E-state index contributed by atoms with van der Waals surface area (Å²) in [5, 5.41) is 25.7. The number of carbonyl (C=O) groups excluding carboxylic acids is 1. The smallest absolute Gasteiger partial charge is 0.251 e. The first-order valence-corrected chi connectivity index (χ1v) is 13.3. The molecule has 0 bridgehead atoms. The third-order valence-electron chi connectivity index (χ3n) is 7.59. The molecule has 38 heavy (non-hydrogen) atoms. The van der Waals surface area contributed by atoms with Crippen molar-refractivity contribution in [3.05, 3.63) is 77.9 Å². The van der Waals surface area contributed by atoms with E-state index in [0.29, 0.717) is 23.9 Å². The molecule has 3 N–H and O–H groups in total. The van der Waals surface area contributed by atoms with Gasteiger partial charge in [0.2, 0.25) is 0 Å². The van der Waals surface area contributed by atoms with Crippen LogP contribution in [0.5, 0.6) is 0 Å². The predicted octanol–water partition coefficient (Wildman–Crippen LogP) is 2.00. The zero-order valence-corrected chi connectivity index (χ0v) is 21.7. The fourth-order valence-electron chi connectivity index (χ4n) is 5.11.